The molecule has 0 radical (unpaired) electrons. The molecule has 90 valence electrons. The first kappa shape index (κ1) is 13.7. The van der Waals surface area contributed by atoms with Crippen molar-refractivity contribution in [1.82, 2.24) is 0 Å². The molecule has 0 saturated carbocycles. The molecule has 0 aliphatic rings. The third-order valence-electron chi connectivity index (χ3n) is 2.81. The minimum Gasteiger partial charge on any atom is -0.508 e. The molecule has 1 N–H and O–H groups in total. The minimum absolute atomic E-state index is 0.0639. The van der Waals surface area contributed by atoms with Crippen LogP contribution in [-0.4, -0.2) is 15.2 Å². The molecule has 3 atom stereocenters. The molecule has 0 aliphatic carbocycles. The molecule has 0 saturated heterocycles. The Balaban J connectivity index is 2.49. The van der Waals surface area contributed by atoms with E-state index in [1.807, 2.05) is 19.1 Å². The van der Waals surface area contributed by atoms with Gasteiger partial charge >= 0.3 is 0 Å². The monoisotopic (exact) mass is 336 g/mol. The third-order valence-corrected chi connectivity index (χ3v) is 3.59. The molecule has 0 bridgehead atoms. The predicted octanol–water partition coefficient (Wildman–Crippen LogP) is 4.44. The molecule has 0 aromatic heterocycles. The number of benzene rings is 1. The van der Waals surface area contributed by atoms with E-state index < -0.39 is 6.17 Å². The van der Waals surface area contributed by atoms with E-state index in [1.54, 1.807) is 12.1 Å². The maximum absolute atomic E-state index is 13.4. The summed E-state index contributed by atoms with van der Waals surface area (Å²) in [5.74, 6) is 0.573. The second kappa shape index (κ2) is 6.42. The average molecular weight is 336 g/mol. The van der Waals surface area contributed by atoms with Crippen molar-refractivity contribution in [3.8, 4) is 5.75 Å². The number of alkyl halides is 2. The van der Waals surface area contributed by atoms with E-state index in [0.717, 1.165) is 12.0 Å². The molecule has 1 rings (SSSR count). The van der Waals surface area contributed by atoms with E-state index in [2.05, 4.69) is 29.5 Å². The molecule has 3 unspecified atom stereocenters. The van der Waals surface area contributed by atoms with Crippen molar-refractivity contribution in [3.63, 3.8) is 0 Å². The number of halogens is 2. The van der Waals surface area contributed by atoms with Crippen LogP contribution in [0.3, 0.4) is 0 Å². The molecule has 1 aromatic carbocycles. The first-order valence-corrected chi connectivity index (χ1v) is 6.82. The number of phenolic OH excluding ortho intramolecular Hbond substituents is 1. The largest absolute Gasteiger partial charge is 0.508 e. The maximum Gasteiger partial charge on any atom is 0.115 e. The van der Waals surface area contributed by atoms with Gasteiger partial charge in [-0.05, 0) is 36.5 Å². The van der Waals surface area contributed by atoms with Crippen LogP contribution in [0.25, 0.3) is 0 Å². The summed E-state index contributed by atoms with van der Waals surface area (Å²) in [7, 11) is 0. The Morgan fingerprint density at radius 2 is 2.00 bits per heavy atom. The molecule has 3 heteroatoms. The molecule has 1 nitrogen and oxygen atoms in total. The fraction of sp³-hybridized carbons (Fsp3) is 0.538. The highest BCUT2D eigenvalue weighted by Gasteiger charge is 2.15. The Kier molecular flexibility index (Phi) is 5.52. The Bertz CT molecular complexity index is 327. The van der Waals surface area contributed by atoms with Crippen molar-refractivity contribution in [2.45, 2.75) is 42.7 Å². The van der Waals surface area contributed by atoms with Crippen LogP contribution in [0.1, 0.15) is 38.2 Å². The van der Waals surface area contributed by atoms with Crippen molar-refractivity contribution in [2.24, 2.45) is 0 Å². The number of rotatable bonds is 5. The van der Waals surface area contributed by atoms with Gasteiger partial charge in [-0.1, -0.05) is 48.6 Å². The van der Waals surface area contributed by atoms with E-state index in [9.17, 15) is 9.50 Å². The zero-order chi connectivity index (χ0) is 12.1. The van der Waals surface area contributed by atoms with E-state index in [4.69, 9.17) is 0 Å². The molecule has 0 spiro atoms. The van der Waals surface area contributed by atoms with Crippen molar-refractivity contribution < 1.29 is 9.50 Å². The highest BCUT2D eigenvalue weighted by Crippen LogP contribution is 2.26. The topological polar surface area (TPSA) is 20.2 Å². The van der Waals surface area contributed by atoms with Gasteiger partial charge in [0.15, 0.2) is 0 Å². The lowest BCUT2D eigenvalue weighted by Gasteiger charge is -2.15. The Morgan fingerprint density at radius 3 is 2.56 bits per heavy atom. The Labute approximate surface area is 110 Å². The van der Waals surface area contributed by atoms with Gasteiger partial charge in [-0.2, -0.15) is 0 Å². The first-order chi connectivity index (χ1) is 7.50. The van der Waals surface area contributed by atoms with Crippen molar-refractivity contribution >= 4 is 22.6 Å². The van der Waals surface area contributed by atoms with Crippen LogP contribution in [0.2, 0.25) is 0 Å². The van der Waals surface area contributed by atoms with Gasteiger partial charge in [0, 0.05) is 3.92 Å². The van der Waals surface area contributed by atoms with Gasteiger partial charge in [0.2, 0.25) is 0 Å². The second-order valence-corrected chi connectivity index (χ2v) is 6.23. The fourth-order valence-electron chi connectivity index (χ4n) is 1.64. The van der Waals surface area contributed by atoms with Gasteiger partial charge in [-0.25, -0.2) is 4.39 Å². The summed E-state index contributed by atoms with van der Waals surface area (Å²) in [4.78, 5) is 0. The lowest BCUT2D eigenvalue weighted by atomic mass is 9.94. The van der Waals surface area contributed by atoms with Gasteiger partial charge in [0.05, 0.1) is 0 Å². The van der Waals surface area contributed by atoms with Gasteiger partial charge < -0.3 is 5.11 Å². The molecule has 1 aromatic rings. The van der Waals surface area contributed by atoms with Crippen LogP contribution in [0.4, 0.5) is 4.39 Å². The molecule has 0 amide bonds. The van der Waals surface area contributed by atoms with Crippen LogP contribution in [0.15, 0.2) is 24.3 Å². The number of hydrogen-bond acceptors (Lipinski definition) is 1. The molecule has 16 heavy (non-hydrogen) atoms. The average Bonchev–Trinajstić information content (AvgIpc) is 2.25. The number of hydrogen-bond donors (Lipinski definition) is 1. The van der Waals surface area contributed by atoms with E-state index in [1.165, 1.54) is 0 Å². The van der Waals surface area contributed by atoms with Crippen molar-refractivity contribution in [1.29, 1.82) is 0 Å². The van der Waals surface area contributed by atoms with E-state index >= 15 is 0 Å². The first-order valence-electron chi connectivity index (χ1n) is 5.57. The van der Waals surface area contributed by atoms with Gasteiger partial charge in [0.25, 0.3) is 0 Å². The Hall–Kier alpha value is -0.320. The minimum atomic E-state index is -0.736. The zero-order valence-corrected chi connectivity index (χ0v) is 11.8. The normalized spacial score (nSPS) is 16.8. The van der Waals surface area contributed by atoms with Crippen LogP contribution < -0.4 is 0 Å². The lowest BCUT2D eigenvalue weighted by molar-refractivity contribution is 0.307. The zero-order valence-electron chi connectivity index (χ0n) is 9.66. The SMILES string of the molecule is CC(CCC(F)C(C)I)c1cccc(O)c1. The fourth-order valence-corrected chi connectivity index (χ4v) is 2.00. The van der Waals surface area contributed by atoms with Crippen molar-refractivity contribution in [2.75, 3.05) is 0 Å². The lowest BCUT2D eigenvalue weighted by Crippen LogP contribution is -2.12. The van der Waals surface area contributed by atoms with Crippen LogP contribution in [0.5, 0.6) is 5.75 Å². The molecular formula is C13H18FIO. The van der Waals surface area contributed by atoms with Crippen LogP contribution >= 0.6 is 22.6 Å². The summed E-state index contributed by atoms with van der Waals surface area (Å²) in [6, 6.07) is 7.21. The summed E-state index contributed by atoms with van der Waals surface area (Å²) >= 11 is 2.12. The Morgan fingerprint density at radius 1 is 1.31 bits per heavy atom. The molecule has 0 heterocycles. The number of phenols is 1. The second-order valence-electron chi connectivity index (χ2n) is 4.27. The van der Waals surface area contributed by atoms with E-state index in [0.29, 0.717) is 12.3 Å². The molecular weight excluding hydrogens is 318 g/mol. The predicted molar refractivity (Wildman–Crippen MR) is 74.1 cm³/mol. The molecule has 0 fully saturated rings. The highest BCUT2D eigenvalue weighted by atomic mass is 127. The van der Waals surface area contributed by atoms with Crippen LogP contribution in [-0.2, 0) is 0 Å². The van der Waals surface area contributed by atoms with Gasteiger partial charge in [0.1, 0.15) is 11.9 Å². The third kappa shape index (κ3) is 4.28. The summed E-state index contributed by atoms with van der Waals surface area (Å²) in [6.07, 6.45) is 0.666. The smallest absolute Gasteiger partial charge is 0.115 e. The highest BCUT2D eigenvalue weighted by molar-refractivity contribution is 14.1. The van der Waals surface area contributed by atoms with Crippen molar-refractivity contribution in [3.05, 3.63) is 29.8 Å². The summed E-state index contributed by atoms with van der Waals surface area (Å²) in [5.41, 5.74) is 1.08. The summed E-state index contributed by atoms with van der Waals surface area (Å²) < 4.78 is 13.5. The number of aromatic hydroxyl groups is 1. The standard InChI is InChI=1S/C13H18FIO/c1-9(6-7-13(14)10(2)15)11-4-3-5-12(16)8-11/h3-5,8-10,13,16H,6-7H2,1-2H3. The van der Waals surface area contributed by atoms with Gasteiger partial charge in [-0.3, -0.25) is 0 Å². The van der Waals surface area contributed by atoms with Gasteiger partial charge in [-0.15, -0.1) is 0 Å². The van der Waals surface area contributed by atoms with Crippen LogP contribution in [0, 0.1) is 0 Å². The summed E-state index contributed by atoms with van der Waals surface area (Å²) in [6.45, 7) is 3.96. The maximum atomic E-state index is 13.4. The quantitative estimate of drug-likeness (QED) is 0.623. The molecule has 0 aliphatic heterocycles. The van der Waals surface area contributed by atoms with E-state index in [-0.39, 0.29) is 9.67 Å². The summed E-state index contributed by atoms with van der Waals surface area (Å²) in [5, 5.41) is 9.35.